The van der Waals surface area contributed by atoms with Gasteiger partial charge in [-0.15, -0.1) is 0 Å². The second-order valence-corrected chi connectivity index (χ2v) is 10.7. The summed E-state index contributed by atoms with van der Waals surface area (Å²) in [6, 6.07) is 21.6. The summed E-state index contributed by atoms with van der Waals surface area (Å²) in [5.41, 5.74) is 2.48. The van der Waals surface area contributed by atoms with Gasteiger partial charge in [0.1, 0.15) is 12.2 Å². The van der Waals surface area contributed by atoms with E-state index in [0.717, 1.165) is 31.3 Å². The van der Waals surface area contributed by atoms with Crippen molar-refractivity contribution >= 4 is 83.8 Å². The molecule has 0 atom stereocenters. The van der Waals surface area contributed by atoms with E-state index in [1.807, 2.05) is 49.4 Å². The Bertz CT molecular complexity index is 1640. The van der Waals surface area contributed by atoms with Gasteiger partial charge in [-0.3, -0.25) is 14.9 Å². The monoisotopic (exact) mass is 652 g/mol. The van der Waals surface area contributed by atoms with Crippen LogP contribution in [-0.4, -0.2) is 17.8 Å². The number of benzene rings is 4. The molecule has 4 amide bonds. The first-order chi connectivity index (χ1) is 18.2. The molecule has 4 aromatic rings. The molecule has 1 fully saturated rings. The smallest absolute Gasteiger partial charge is 0.335 e. The van der Waals surface area contributed by atoms with Crippen molar-refractivity contribution in [2.45, 2.75) is 13.5 Å². The Kier molecular flexibility index (Phi) is 7.38. The predicted molar refractivity (Wildman–Crippen MR) is 155 cm³/mol. The molecule has 0 saturated carbocycles. The zero-order valence-corrected chi connectivity index (χ0v) is 23.9. The van der Waals surface area contributed by atoms with E-state index < -0.39 is 17.8 Å². The lowest BCUT2D eigenvalue weighted by atomic mass is 10.1. The van der Waals surface area contributed by atoms with Crippen LogP contribution in [0, 0.1) is 6.92 Å². The van der Waals surface area contributed by atoms with E-state index in [9.17, 15) is 14.4 Å². The first-order valence-electron chi connectivity index (χ1n) is 11.5. The van der Waals surface area contributed by atoms with Crippen molar-refractivity contribution in [2.75, 3.05) is 4.90 Å². The Morgan fingerprint density at radius 1 is 0.947 bits per heavy atom. The van der Waals surface area contributed by atoms with Crippen molar-refractivity contribution < 1.29 is 19.1 Å². The number of hydrogen-bond acceptors (Lipinski definition) is 4. The Balaban J connectivity index is 1.42. The van der Waals surface area contributed by atoms with Crippen LogP contribution in [0.1, 0.15) is 16.7 Å². The van der Waals surface area contributed by atoms with E-state index in [-0.39, 0.29) is 5.57 Å². The SMILES string of the molecule is Cc1cc(N2C(=O)NC(=O)/C(=C\c3cc(Cl)c(OCc4cccc5ccccc45)c(Br)c3)C2=O)ccc1Br. The molecule has 1 saturated heterocycles. The summed E-state index contributed by atoms with van der Waals surface area (Å²) in [6.45, 7) is 2.13. The largest absolute Gasteiger partial charge is 0.486 e. The van der Waals surface area contributed by atoms with Crippen LogP contribution >= 0.6 is 43.5 Å². The third-order valence-corrected chi connectivity index (χ3v) is 7.84. The molecule has 1 aliphatic heterocycles. The first kappa shape index (κ1) is 26.2. The van der Waals surface area contributed by atoms with Gasteiger partial charge in [0.15, 0.2) is 5.75 Å². The number of imide groups is 2. The number of aryl methyl sites for hydroxylation is 1. The lowest BCUT2D eigenvalue weighted by Gasteiger charge is -2.26. The average molecular weight is 655 g/mol. The topological polar surface area (TPSA) is 75.7 Å². The molecular weight excluding hydrogens is 636 g/mol. The summed E-state index contributed by atoms with van der Waals surface area (Å²) in [4.78, 5) is 39.3. The van der Waals surface area contributed by atoms with Crippen LogP contribution in [0.15, 0.2) is 87.3 Å². The minimum Gasteiger partial charge on any atom is -0.486 e. The van der Waals surface area contributed by atoms with E-state index in [4.69, 9.17) is 16.3 Å². The van der Waals surface area contributed by atoms with Crippen molar-refractivity contribution in [3.63, 3.8) is 0 Å². The number of ether oxygens (including phenoxy) is 1. The van der Waals surface area contributed by atoms with Gasteiger partial charge in [0, 0.05) is 4.47 Å². The zero-order chi connectivity index (χ0) is 27.0. The second kappa shape index (κ2) is 10.7. The summed E-state index contributed by atoms with van der Waals surface area (Å²) in [5, 5.41) is 4.73. The quantitative estimate of drug-likeness (QED) is 0.178. The summed E-state index contributed by atoms with van der Waals surface area (Å²) in [7, 11) is 0. The minimum absolute atomic E-state index is 0.197. The maximum Gasteiger partial charge on any atom is 0.335 e. The van der Waals surface area contributed by atoms with Gasteiger partial charge in [-0.05, 0) is 86.7 Å². The highest BCUT2D eigenvalue weighted by atomic mass is 79.9. The molecule has 1 heterocycles. The summed E-state index contributed by atoms with van der Waals surface area (Å²) >= 11 is 13.5. The van der Waals surface area contributed by atoms with Gasteiger partial charge in [-0.2, -0.15) is 0 Å². The molecule has 38 heavy (non-hydrogen) atoms. The van der Waals surface area contributed by atoms with E-state index >= 15 is 0 Å². The maximum atomic E-state index is 13.2. The number of hydrogen-bond donors (Lipinski definition) is 1. The molecule has 190 valence electrons. The summed E-state index contributed by atoms with van der Waals surface area (Å²) in [5.74, 6) is -1.08. The average Bonchev–Trinajstić information content (AvgIpc) is 2.88. The number of amides is 4. The Morgan fingerprint density at radius 3 is 2.47 bits per heavy atom. The Hall–Kier alpha value is -3.46. The molecule has 0 aromatic heterocycles. The first-order valence-corrected chi connectivity index (χ1v) is 13.5. The molecule has 0 aliphatic carbocycles. The summed E-state index contributed by atoms with van der Waals surface area (Å²) in [6.07, 6.45) is 1.40. The molecular formula is C29H19Br2ClN2O4. The maximum absolute atomic E-state index is 13.2. The second-order valence-electron chi connectivity index (χ2n) is 8.63. The van der Waals surface area contributed by atoms with Crippen molar-refractivity contribution in [3.05, 3.63) is 109 Å². The minimum atomic E-state index is -0.810. The molecule has 4 aromatic carbocycles. The number of carbonyl (C=O) groups excluding carboxylic acids is 3. The van der Waals surface area contributed by atoms with Crippen LogP contribution in [0.2, 0.25) is 5.02 Å². The lowest BCUT2D eigenvalue weighted by Crippen LogP contribution is -2.54. The third kappa shape index (κ3) is 5.12. The van der Waals surface area contributed by atoms with Crippen LogP contribution < -0.4 is 15.0 Å². The molecule has 1 aliphatic rings. The normalized spacial score (nSPS) is 14.8. The molecule has 0 spiro atoms. The van der Waals surface area contributed by atoms with E-state index in [1.165, 1.54) is 6.08 Å². The van der Waals surface area contributed by atoms with Crippen LogP contribution in [0.3, 0.4) is 0 Å². The fraction of sp³-hybridized carbons (Fsp3) is 0.0690. The Morgan fingerprint density at radius 2 is 1.71 bits per heavy atom. The number of anilines is 1. The molecule has 9 heteroatoms. The number of fused-ring (bicyclic) bond motifs is 1. The van der Waals surface area contributed by atoms with Crippen molar-refractivity contribution in [2.24, 2.45) is 0 Å². The van der Waals surface area contributed by atoms with Gasteiger partial charge in [-0.1, -0.05) is 70.0 Å². The van der Waals surface area contributed by atoms with Gasteiger partial charge >= 0.3 is 6.03 Å². The van der Waals surface area contributed by atoms with Crippen molar-refractivity contribution in [1.29, 1.82) is 0 Å². The lowest BCUT2D eigenvalue weighted by molar-refractivity contribution is -0.122. The van der Waals surface area contributed by atoms with Crippen molar-refractivity contribution in [3.8, 4) is 5.75 Å². The van der Waals surface area contributed by atoms with Crippen LogP contribution in [0.4, 0.5) is 10.5 Å². The number of halogens is 3. The van der Waals surface area contributed by atoms with E-state index in [2.05, 4.69) is 37.2 Å². The highest BCUT2D eigenvalue weighted by Gasteiger charge is 2.37. The van der Waals surface area contributed by atoms with Crippen LogP contribution in [0.5, 0.6) is 5.75 Å². The van der Waals surface area contributed by atoms with Gasteiger partial charge in [0.05, 0.1) is 15.2 Å². The summed E-state index contributed by atoms with van der Waals surface area (Å²) < 4.78 is 7.44. The molecule has 5 rings (SSSR count). The number of carbonyl (C=O) groups is 3. The predicted octanol–water partition coefficient (Wildman–Crippen LogP) is 7.57. The number of rotatable bonds is 5. The molecule has 0 unspecified atom stereocenters. The van der Waals surface area contributed by atoms with Gasteiger partial charge in [0.2, 0.25) is 0 Å². The zero-order valence-electron chi connectivity index (χ0n) is 19.9. The number of nitrogens with one attached hydrogen (secondary N) is 1. The van der Waals surface area contributed by atoms with E-state index in [0.29, 0.717) is 33.1 Å². The van der Waals surface area contributed by atoms with Crippen LogP contribution in [-0.2, 0) is 16.2 Å². The van der Waals surface area contributed by atoms with Gasteiger partial charge < -0.3 is 4.74 Å². The number of barbiturate groups is 1. The molecule has 0 bridgehead atoms. The van der Waals surface area contributed by atoms with Gasteiger partial charge in [0.25, 0.3) is 11.8 Å². The standard InChI is InChI=1S/C29H19Br2ClN2O4/c1-16-11-20(9-10-23(16)30)34-28(36)22(27(35)33-29(34)37)12-17-13-24(31)26(25(32)14-17)38-15-19-7-4-6-18-5-2-3-8-21(18)19/h2-14H,15H2,1H3,(H,33,35,37)/b22-12+. The van der Waals surface area contributed by atoms with Gasteiger partial charge in [-0.25, -0.2) is 9.69 Å². The molecule has 1 N–H and O–H groups in total. The Labute approximate surface area is 240 Å². The number of nitrogens with zero attached hydrogens (tertiary/aromatic N) is 1. The van der Waals surface area contributed by atoms with E-state index in [1.54, 1.807) is 30.3 Å². The van der Waals surface area contributed by atoms with Crippen LogP contribution in [0.25, 0.3) is 16.8 Å². The fourth-order valence-corrected chi connectivity index (χ4v) is 5.43. The highest BCUT2D eigenvalue weighted by Crippen LogP contribution is 2.36. The molecule has 6 nitrogen and oxygen atoms in total. The molecule has 0 radical (unpaired) electrons. The highest BCUT2D eigenvalue weighted by molar-refractivity contribution is 9.10. The number of urea groups is 1. The third-order valence-electron chi connectivity index (χ3n) is 6.08. The van der Waals surface area contributed by atoms with Crippen molar-refractivity contribution in [1.82, 2.24) is 5.32 Å². The fourth-order valence-electron chi connectivity index (χ4n) is 4.20.